The fourth-order valence-electron chi connectivity index (χ4n) is 2.83. The minimum absolute atomic E-state index is 0. The molecule has 3 amide bonds. The maximum Gasteiger partial charge on any atom is 0.404 e. The fourth-order valence-corrected chi connectivity index (χ4v) is 4.90. The van der Waals surface area contributed by atoms with Gasteiger partial charge >= 0.3 is 12.1 Å². The zero-order valence-electron chi connectivity index (χ0n) is 14.5. The van der Waals surface area contributed by atoms with Gasteiger partial charge in [-0.05, 0) is 0 Å². The Morgan fingerprint density at radius 1 is 1.41 bits per heavy atom. The van der Waals surface area contributed by atoms with E-state index in [4.69, 9.17) is 11.5 Å². The number of ketones is 1. The number of anilines is 1. The first-order valence-electron chi connectivity index (χ1n) is 7.78. The van der Waals surface area contributed by atoms with Crippen molar-refractivity contribution < 1.29 is 33.8 Å². The normalized spacial score (nSPS) is 25.1. The second-order valence-electron chi connectivity index (χ2n) is 6.21. The maximum atomic E-state index is 12.4. The molecule has 2 aliphatic heterocycles. The van der Waals surface area contributed by atoms with Crippen LogP contribution in [0.5, 0.6) is 0 Å². The van der Waals surface area contributed by atoms with Gasteiger partial charge in [0.2, 0.25) is 5.91 Å². The van der Waals surface area contributed by atoms with Crippen LogP contribution in [0.2, 0.25) is 0 Å². The molecule has 0 aliphatic carbocycles. The Morgan fingerprint density at radius 2 is 2.10 bits per heavy atom. The Hall–Kier alpha value is -2.58. The van der Waals surface area contributed by atoms with Gasteiger partial charge < -0.3 is 31.5 Å². The molecule has 1 aromatic heterocycles. The van der Waals surface area contributed by atoms with Gasteiger partial charge in [-0.2, -0.15) is 0 Å². The molecule has 0 bridgehead atoms. The van der Waals surface area contributed by atoms with Crippen LogP contribution in [0.3, 0.4) is 0 Å². The smallest absolute Gasteiger partial charge is 0.404 e. The Balaban J connectivity index is 0.00000300. The Morgan fingerprint density at radius 3 is 2.66 bits per heavy atom. The SMILES string of the molecule is Cl.NC(=O)OCC1(C(=O)O)CS[C@@H]2C(NC(=O)C(=O)c3csc(N)n3)C(=O)N2C1. The molecule has 12 nitrogen and oxygen atoms in total. The summed E-state index contributed by atoms with van der Waals surface area (Å²) in [5, 5.41) is 12.8. The zero-order chi connectivity index (χ0) is 20.6. The first kappa shape index (κ1) is 22.7. The number of rotatable bonds is 6. The van der Waals surface area contributed by atoms with Crippen molar-refractivity contribution in [3.8, 4) is 0 Å². The number of ether oxygens (including phenoxy) is 1. The van der Waals surface area contributed by atoms with Crippen molar-refractivity contribution >= 4 is 70.3 Å². The lowest BCUT2D eigenvalue weighted by Crippen LogP contribution is -2.74. The number of nitrogens with one attached hydrogen (secondary N) is 1. The molecule has 6 N–H and O–H groups in total. The third-order valence-corrected chi connectivity index (χ3v) is 6.60. The van der Waals surface area contributed by atoms with Crippen molar-refractivity contribution in [2.45, 2.75) is 11.4 Å². The van der Waals surface area contributed by atoms with Crippen LogP contribution in [-0.4, -0.2) is 75.0 Å². The Bertz CT molecular complexity index is 880. The molecule has 1 aromatic rings. The molecule has 0 saturated carbocycles. The number of thioether (sulfide) groups is 1. The van der Waals surface area contributed by atoms with Gasteiger partial charge in [0.05, 0.1) is 0 Å². The summed E-state index contributed by atoms with van der Waals surface area (Å²) in [6.07, 6.45) is -1.12. The average Bonchev–Trinajstić information content (AvgIpc) is 3.09. The molecule has 3 atom stereocenters. The summed E-state index contributed by atoms with van der Waals surface area (Å²) >= 11 is 2.10. The highest BCUT2D eigenvalue weighted by Gasteiger charge is 2.58. The number of aliphatic carboxylic acids is 1. The van der Waals surface area contributed by atoms with E-state index < -0.39 is 53.1 Å². The fraction of sp³-hybridized carbons (Fsp3) is 0.429. The predicted octanol–water partition coefficient (Wildman–Crippen LogP) is -1.10. The summed E-state index contributed by atoms with van der Waals surface area (Å²) in [6.45, 7) is -0.697. The van der Waals surface area contributed by atoms with E-state index in [1.54, 1.807) is 0 Å². The second-order valence-corrected chi connectivity index (χ2v) is 8.21. The Labute approximate surface area is 177 Å². The third kappa shape index (κ3) is 4.23. The summed E-state index contributed by atoms with van der Waals surface area (Å²) in [5.74, 6) is -3.68. The number of β-lactam (4-membered cyclic amide) rings is 1. The number of nitrogens with two attached hydrogens (primary N) is 2. The van der Waals surface area contributed by atoms with Crippen LogP contribution in [0.25, 0.3) is 0 Å². The van der Waals surface area contributed by atoms with Crippen LogP contribution >= 0.6 is 35.5 Å². The number of carbonyl (C=O) groups excluding carboxylic acids is 4. The highest BCUT2D eigenvalue weighted by atomic mass is 35.5. The minimum Gasteiger partial charge on any atom is -0.481 e. The topological polar surface area (TPSA) is 195 Å². The molecule has 15 heteroatoms. The number of primary amides is 1. The summed E-state index contributed by atoms with van der Waals surface area (Å²) in [7, 11) is 0. The van der Waals surface area contributed by atoms with Gasteiger partial charge in [0.25, 0.3) is 11.7 Å². The summed E-state index contributed by atoms with van der Waals surface area (Å²) in [6, 6.07) is -0.971. The van der Waals surface area contributed by atoms with Crippen LogP contribution in [-0.2, 0) is 19.1 Å². The van der Waals surface area contributed by atoms with Crippen LogP contribution in [0.15, 0.2) is 5.38 Å². The predicted molar refractivity (Wildman–Crippen MR) is 104 cm³/mol. The number of carboxylic acids is 1. The quantitative estimate of drug-likeness (QED) is 0.227. The van der Waals surface area contributed by atoms with E-state index in [1.807, 2.05) is 0 Å². The molecular formula is C14H16ClN5O7S2. The summed E-state index contributed by atoms with van der Waals surface area (Å²) in [5.41, 5.74) is 8.70. The van der Waals surface area contributed by atoms with Crippen molar-refractivity contribution in [3.63, 3.8) is 0 Å². The molecule has 0 aromatic carbocycles. The molecular weight excluding hydrogens is 450 g/mol. The number of nitrogen functional groups attached to an aromatic ring is 1. The minimum atomic E-state index is -1.51. The number of nitrogens with zero attached hydrogens (tertiary/aromatic N) is 2. The molecule has 0 spiro atoms. The number of amides is 3. The third-order valence-electron chi connectivity index (χ3n) is 4.34. The number of fused-ring (bicyclic) bond motifs is 1. The van der Waals surface area contributed by atoms with Gasteiger partial charge in [-0.25, -0.2) is 9.78 Å². The van der Waals surface area contributed by atoms with Crippen LogP contribution in [0, 0.1) is 5.41 Å². The van der Waals surface area contributed by atoms with E-state index in [0.29, 0.717) is 0 Å². The number of thiazole rings is 1. The second kappa shape index (κ2) is 8.42. The molecule has 3 rings (SSSR count). The number of halogens is 1. The Kier molecular flexibility index (Phi) is 6.60. The van der Waals surface area contributed by atoms with Gasteiger partial charge in [-0.15, -0.1) is 35.5 Å². The van der Waals surface area contributed by atoms with E-state index >= 15 is 0 Å². The number of hydrogen-bond acceptors (Lipinski definition) is 10. The van der Waals surface area contributed by atoms with Gasteiger partial charge in [-0.3, -0.25) is 19.2 Å². The lowest BCUT2D eigenvalue weighted by Gasteiger charge is -2.53. The number of aromatic nitrogens is 1. The van der Waals surface area contributed by atoms with Crippen molar-refractivity contribution in [2.24, 2.45) is 11.1 Å². The van der Waals surface area contributed by atoms with Crippen molar-refractivity contribution in [3.05, 3.63) is 11.1 Å². The largest absolute Gasteiger partial charge is 0.481 e. The van der Waals surface area contributed by atoms with Crippen LogP contribution in [0.4, 0.5) is 9.93 Å². The molecule has 158 valence electrons. The van der Waals surface area contributed by atoms with Gasteiger partial charge in [0, 0.05) is 17.7 Å². The molecule has 29 heavy (non-hydrogen) atoms. The van der Waals surface area contributed by atoms with Crippen molar-refractivity contribution in [1.82, 2.24) is 15.2 Å². The lowest BCUT2D eigenvalue weighted by atomic mass is 9.88. The number of carbonyl (C=O) groups is 5. The van der Waals surface area contributed by atoms with Crippen molar-refractivity contribution in [1.29, 1.82) is 0 Å². The van der Waals surface area contributed by atoms with E-state index in [0.717, 1.165) is 23.1 Å². The summed E-state index contributed by atoms with van der Waals surface area (Å²) in [4.78, 5) is 64.0. The maximum absolute atomic E-state index is 12.4. The monoisotopic (exact) mass is 465 g/mol. The van der Waals surface area contributed by atoms with E-state index in [-0.39, 0.29) is 35.5 Å². The van der Waals surface area contributed by atoms with E-state index in [9.17, 15) is 29.1 Å². The van der Waals surface area contributed by atoms with Gasteiger partial charge in [-0.1, -0.05) is 0 Å². The highest BCUT2D eigenvalue weighted by molar-refractivity contribution is 8.00. The van der Waals surface area contributed by atoms with Gasteiger partial charge in [0.1, 0.15) is 29.1 Å². The standard InChI is InChI=1S/C14H15N5O7S2.ClH/c15-12-17-5(1-27-12)7(20)8(21)18-6-9(22)19-2-14(11(23)24,3-26-13(16)25)4-28-10(6)19;/h1,6,10H,2-4H2,(H2,15,17)(H2,16,25)(H,18,21)(H,23,24);1H/t6?,10-,14?;/m1./s1. The first-order chi connectivity index (χ1) is 13.1. The lowest BCUT2D eigenvalue weighted by molar-refractivity contribution is -0.160. The zero-order valence-corrected chi connectivity index (χ0v) is 17.0. The van der Waals surface area contributed by atoms with Crippen LogP contribution < -0.4 is 16.8 Å². The average molecular weight is 466 g/mol. The number of hydrogen-bond donors (Lipinski definition) is 4. The molecule has 2 saturated heterocycles. The molecule has 0 radical (unpaired) electrons. The summed E-state index contributed by atoms with van der Waals surface area (Å²) < 4.78 is 4.64. The number of carboxylic acid groups (broad SMARTS) is 1. The van der Waals surface area contributed by atoms with Crippen LogP contribution in [0.1, 0.15) is 10.5 Å². The molecule has 3 heterocycles. The number of Topliss-reactive ketones (excluding diaryl/α,β-unsaturated/α-hetero) is 1. The molecule has 2 fully saturated rings. The van der Waals surface area contributed by atoms with E-state index in [1.165, 1.54) is 10.3 Å². The molecule has 2 unspecified atom stereocenters. The van der Waals surface area contributed by atoms with Crippen molar-refractivity contribution in [2.75, 3.05) is 24.6 Å². The van der Waals surface area contributed by atoms with Gasteiger partial charge in [0.15, 0.2) is 5.13 Å². The highest BCUT2D eigenvalue weighted by Crippen LogP contribution is 2.42. The molecule has 2 aliphatic rings. The first-order valence-corrected chi connectivity index (χ1v) is 9.71. The van der Waals surface area contributed by atoms with E-state index in [2.05, 4.69) is 15.0 Å².